The second kappa shape index (κ2) is 7.93. The lowest BCUT2D eigenvalue weighted by molar-refractivity contribution is 0.144. The summed E-state index contributed by atoms with van der Waals surface area (Å²) in [4.78, 5) is 15.6. The minimum atomic E-state index is -0.587. The molecule has 4 rings (SSSR count). The van der Waals surface area contributed by atoms with Crippen LogP contribution < -0.4 is 5.32 Å². The van der Waals surface area contributed by atoms with Crippen molar-refractivity contribution in [2.45, 2.75) is 5.92 Å². The molecule has 0 unspecified atom stereocenters. The first-order valence-corrected chi connectivity index (χ1v) is 8.92. The van der Waals surface area contributed by atoms with Gasteiger partial charge in [-0.15, -0.1) is 0 Å². The Balaban J connectivity index is 1.35. The molecular weight excluding hydrogens is 355 g/mol. The molecule has 0 atom stereocenters. The highest BCUT2D eigenvalue weighted by Gasteiger charge is 2.28. The van der Waals surface area contributed by atoms with E-state index in [0.717, 1.165) is 11.1 Å². The Bertz CT molecular complexity index is 1040. The normalized spacial score (nSPS) is 11.8. The van der Waals surface area contributed by atoms with Crippen LogP contribution in [0.3, 0.4) is 0 Å². The fraction of sp³-hybridized carbons (Fsp3) is 0.130. The molecule has 0 bridgehead atoms. The number of amides is 1. The molecule has 1 heterocycles. The zero-order chi connectivity index (χ0) is 19.3. The van der Waals surface area contributed by atoms with Gasteiger partial charge in [-0.1, -0.05) is 60.5 Å². The lowest BCUT2D eigenvalue weighted by atomic mass is 9.98. The van der Waals surface area contributed by atoms with E-state index in [-0.39, 0.29) is 19.1 Å². The van der Waals surface area contributed by atoms with Crippen LogP contribution >= 0.6 is 0 Å². The Morgan fingerprint density at radius 2 is 1.68 bits per heavy atom. The van der Waals surface area contributed by atoms with Crippen molar-refractivity contribution in [2.75, 3.05) is 13.2 Å². The summed E-state index contributed by atoms with van der Waals surface area (Å²) in [6, 6.07) is 20.7. The van der Waals surface area contributed by atoms with Gasteiger partial charge in [0.05, 0.1) is 6.54 Å². The van der Waals surface area contributed by atoms with Gasteiger partial charge in [0.1, 0.15) is 12.3 Å². The van der Waals surface area contributed by atoms with Crippen molar-refractivity contribution < 1.29 is 13.9 Å². The Morgan fingerprint density at radius 3 is 2.36 bits per heavy atom. The summed E-state index contributed by atoms with van der Waals surface area (Å²) in [7, 11) is 0. The summed E-state index contributed by atoms with van der Waals surface area (Å²) in [6.07, 6.45) is -0.539. The van der Waals surface area contributed by atoms with Crippen LogP contribution in [-0.2, 0) is 4.74 Å². The smallest absolute Gasteiger partial charge is 0.407 e. The van der Waals surface area contributed by atoms with Crippen LogP contribution in [0.4, 0.5) is 9.18 Å². The van der Waals surface area contributed by atoms with Crippen molar-refractivity contribution in [3.05, 3.63) is 89.5 Å². The van der Waals surface area contributed by atoms with Gasteiger partial charge in [-0.3, -0.25) is 0 Å². The average molecular weight is 372 g/mol. The Labute approximate surface area is 162 Å². The second-order valence-electron chi connectivity index (χ2n) is 6.33. The number of pyridine rings is 1. The SMILES string of the molecule is O=C(NCC#Cc1cccc(F)n1)OCC1c2ccccc2-c2ccccc21. The standard InChI is InChI=1S/C23H17FN2O2/c24-22-13-5-7-16(26-22)8-6-14-25-23(27)28-15-21-19-11-3-1-9-17(19)18-10-2-4-12-20(18)21/h1-5,7,9-13,21H,14-15H2,(H,25,27). The van der Waals surface area contributed by atoms with E-state index in [1.807, 2.05) is 24.3 Å². The number of aromatic nitrogens is 1. The fourth-order valence-electron chi connectivity index (χ4n) is 3.38. The monoisotopic (exact) mass is 372 g/mol. The molecule has 1 N–H and O–H groups in total. The number of carbonyl (C=O) groups is 1. The molecule has 138 valence electrons. The Morgan fingerprint density at radius 1 is 1.00 bits per heavy atom. The molecule has 2 aromatic carbocycles. The molecule has 5 heteroatoms. The molecule has 0 fully saturated rings. The van der Waals surface area contributed by atoms with Gasteiger partial charge in [-0.2, -0.15) is 4.39 Å². The van der Waals surface area contributed by atoms with E-state index >= 15 is 0 Å². The summed E-state index contributed by atoms with van der Waals surface area (Å²) in [6.45, 7) is 0.341. The van der Waals surface area contributed by atoms with Crippen molar-refractivity contribution in [1.29, 1.82) is 0 Å². The predicted octanol–water partition coefficient (Wildman–Crippen LogP) is 4.11. The largest absolute Gasteiger partial charge is 0.449 e. The van der Waals surface area contributed by atoms with Gasteiger partial charge < -0.3 is 10.1 Å². The van der Waals surface area contributed by atoms with Gasteiger partial charge in [0.2, 0.25) is 5.95 Å². The summed E-state index contributed by atoms with van der Waals surface area (Å²) in [5, 5.41) is 2.58. The van der Waals surface area contributed by atoms with E-state index in [1.165, 1.54) is 23.3 Å². The molecule has 1 aliphatic carbocycles. The average Bonchev–Trinajstić information content (AvgIpc) is 3.04. The molecule has 28 heavy (non-hydrogen) atoms. The predicted molar refractivity (Wildman–Crippen MR) is 104 cm³/mol. The topological polar surface area (TPSA) is 51.2 Å². The van der Waals surface area contributed by atoms with Gasteiger partial charge in [-0.25, -0.2) is 9.78 Å². The Kier molecular flexibility index (Phi) is 5.03. The highest BCUT2D eigenvalue weighted by molar-refractivity contribution is 5.79. The summed E-state index contributed by atoms with van der Waals surface area (Å²) in [5.74, 6) is 4.85. The number of benzene rings is 2. The van der Waals surface area contributed by atoms with E-state index in [4.69, 9.17) is 4.74 Å². The number of carbonyl (C=O) groups excluding carboxylic acids is 1. The molecule has 1 amide bonds. The first-order chi connectivity index (χ1) is 13.7. The number of hydrogen-bond donors (Lipinski definition) is 1. The van der Waals surface area contributed by atoms with E-state index in [0.29, 0.717) is 5.69 Å². The molecule has 1 aromatic heterocycles. The minimum Gasteiger partial charge on any atom is -0.449 e. The minimum absolute atomic E-state index is 0.0146. The molecule has 0 saturated heterocycles. The van der Waals surface area contributed by atoms with Crippen molar-refractivity contribution in [3.8, 4) is 23.0 Å². The number of nitrogens with one attached hydrogen (secondary N) is 1. The molecule has 4 nitrogen and oxygen atoms in total. The van der Waals surface area contributed by atoms with Gasteiger partial charge in [0.25, 0.3) is 0 Å². The highest BCUT2D eigenvalue weighted by atomic mass is 19.1. The molecule has 0 aliphatic heterocycles. The van der Waals surface area contributed by atoms with Gasteiger partial charge in [0, 0.05) is 5.92 Å². The molecule has 0 spiro atoms. The van der Waals surface area contributed by atoms with Crippen LogP contribution in [-0.4, -0.2) is 24.2 Å². The summed E-state index contributed by atoms with van der Waals surface area (Å²) in [5.41, 5.74) is 5.00. The molecular formula is C23H17FN2O2. The van der Waals surface area contributed by atoms with Gasteiger partial charge in [0.15, 0.2) is 0 Å². The zero-order valence-electron chi connectivity index (χ0n) is 15.0. The third-order valence-corrected chi connectivity index (χ3v) is 4.60. The first kappa shape index (κ1) is 17.7. The van der Waals surface area contributed by atoms with E-state index in [9.17, 15) is 9.18 Å². The number of ether oxygens (including phenoxy) is 1. The molecule has 3 aromatic rings. The maximum absolute atomic E-state index is 13.0. The highest BCUT2D eigenvalue weighted by Crippen LogP contribution is 2.44. The van der Waals surface area contributed by atoms with Crippen LogP contribution in [0.2, 0.25) is 0 Å². The lowest BCUT2D eigenvalue weighted by Crippen LogP contribution is -2.26. The maximum atomic E-state index is 13.0. The van der Waals surface area contributed by atoms with Crippen molar-refractivity contribution in [3.63, 3.8) is 0 Å². The summed E-state index contributed by atoms with van der Waals surface area (Å²) < 4.78 is 18.4. The summed E-state index contributed by atoms with van der Waals surface area (Å²) >= 11 is 0. The van der Waals surface area contributed by atoms with Gasteiger partial charge >= 0.3 is 6.09 Å². The van der Waals surface area contributed by atoms with Crippen molar-refractivity contribution >= 4 is 6.09 Å². The van der Waals surface area contributed by atoms with Crippen LogP contribution in [0.15, 0.2) is 66.7 Å². The number of rotatable bonds is 3. The van der Waals surface area contributed by atoms with E-state index < -0.39 is 12.0 Å². The third kappa shape index (κ3) is 3.72. The maximum Gasteiger partial charge on any atom is 0.407 e. The van der Waals surface area contributed by atoms with Crippen LogP contribution in [0.1, 0.15) is 22.7 Å². The van der Waals surface area contributed by atoms with Gasteiger partial charge in [-0.05, 0) is 40.3 Å². The van der Waals surface area contributed by atoms with Crippen LogP contribution in [0, 0.1) is 17.8 Å². The van der Waals surface area contributed by atoms with Crippen molar-refractivity contribution in [2.24, 2.45) is 0 Å². The molecule has 0 radical (unpaired) electrons. The number of nitrogens with zero attached hydrogens (tertiary/aromatic N) is 1. The molecule has 1 aliphatic rings. The van der Waals surface area contributed by atoms with Crippen LogP contribution in [0.5, 0.6) is 0 Å². The van der Waals surface area contributed by atoms with Crippen LogP contribution in [0.25, 0.3) is 11.1 Å². The zero-order valence-corrected chi connectivity index (χ0v) is 15.0. The second-order valence-corrected chi connectivity index (χ2v) is 6.33. The number of fused-ring (bicyclic) bond motifs is 3. The van der Waals surface area contributed by atoms with E-state index in [2.05, 4.69) is 46.4 Å². The molecule has 0 saturated carbocycles. The quantitative estimate of drug-likeness (QED) is 0.556. The third-order valence-electron chi connectivity index (χ3n) is 4.60. The number of alkyl carbamates (subject to hydrolysis) is 1. The fourth-order valence-corrected chi connectivity index (χ4v) is 3.38. The number of hydrogen-bond acceptors (Lipinski definition) is 3. The number of halogens is 1. The van der Waals surface area contributed by atoms with E-state index in [1.54, 1.807) is 6.07 Å². The Hall–Kier alpha value is -3.65. The first-order valence-electron chi connectivity index (χ1n) is 8.92. The van der Waals surface area contributed by atoms with Crippen molar-refractivity contribution in [1.82, 2.24) is 10.3 Å². The lowest BCUT2D eigenvalue weighted by Gasteiger charge is -2.14.